The molecule has 2 amide bonds. The summed E-state index contributed by atoms with van der Waals surface area (Å²) in [5.74, 6) is -1.13. The topological polar surface area (TPSA) is 55.4 Å². The van der Waals surface area contributed by atoms with E-state index in [-0.39, 0.29) is 18.1 Å². The van der Waals surface area contributed by atoms with E-state index in [4.69, 9.17) is 4.74 Å². The molecule has 0 saturated carbocycles. The number of hydrogen-bond acceptors (Lipinski definition) is 3. The second-order valence-corrected chi connectivity index (χ2v) is 3.62. The first kappa shape index (κ1) is 11.3. The third-order valence-corrected chi connectivity index (χ3v) is 2.41. The highest BCUT2D eigenvalue weighted by atomic mass is 19.1. The molecule has 0 aliphatic carbocycles. The molecule has 1 saturated heterocycles. The van der Waals surface area contributed by atoms with E-state index in [1.807, 2.05) is 0 Å². The molecule has 0 bridgehead atoms. The summed E-state index contributed by atoms with van der Waals surface area (Å²) in [6.45, 7) is 0. The molecule has 0 atom stereocenters. The molecule has 1 fully saturated rings. The van der Waals surface area contributed by atoms with E-state index in [9.17, 15) is 14.0 Å². The quantitative estimate of drug-likeness (QED) is 0.620. The van der Waals surface area contributed by atoms with Crippen molar-refractivity contribution in [2.24, 2.45) is 0 Å². The molecule has 1 aromatic carbocycles. The fourth-order valence-electron chi connectivity index (χ4n) is 1.59. The first-order valence-electron chi connectivity index (χ1n) is 4.98. The van der Waals surface area contributed by atoms with E-state index in [0.717, 1.165) is 0 Å². The van der Waals surface area contributed by atoms with E-state index in [2.05, 4.69) is 5.32 Å². The first-order valence-corrected chi connectivity index (χ1v) is 4.98. The van der Waals surface area contributed by atoms with Gasteiger partial charge in [0.1, 0.15) is 0 Å². The first-order chi connectivity index (χ1) is 8.10. The molecule has 0 unspecified atom stereocenters. The number of carbonyl (C=O) groups excluding carboxylic acids is 2. The summed E-state index contributed by atoms with van der Waals surface area (Å²) in [6.07, 6.45) is 1.52. The van der Waals surface area contributed by atoms with Gasteiger partial charge >= 0.3 is 0 Å². The van der Waals surface area contributed by atoms with Gasteiger partial charge in [0.2, 0.25) is 5.91 Å². The largest absolute Gasteiger partial charge is 0.494 e. The van der Waals surface area contributed by atoms with Crippen molar-refractivity contribution in [3.8, 4) is 5.75 Å². The Labute approximate surface area is 97.1 Å². The Hall–Kier alpha value is -2.17. The van der Waals surface area contributed by atoms with Gasteiger partial charge in [-0.2, -0.15) is 0 Å². The molecular weight excluding hydrogens is 225 g/mol. The molecular formula is C12H10FNO3. The van der Waals surface area contributed by atoms with Crippen LogP contribution >= 0.6 is 0 Å². The number of amides is 2. The van der Waals surface area contributed by atoms with Crippen LogP contribution in [-0.4, -0.2) is 18.9 Å². The third-order valence-electron chi connectivity index (χ3n) is 2.41. The Morgan fingerprint density at radius 2 is 2.18 bits per heavy atom. The summed E-state index contributed by atoms with van der Waals surface area (Å²) in [4.78, 5) is 22.2. The van der Waals surface area contributed by atoms with Crippen LogP contribution in [0.5, 0.6) is 5.75 Å². The SMILES string of the molecule is COc1ccc(C=C2CC(=O)NC2=O)cc1F. The molecule has 1 aromatic rings. The van der Waals surface area contributed by atoms with Gasteiger partial charge in [0, 0.05) is 5.57 Å². The zero-order valence-electron chi connectivity index (χ0n) is 9.12. The van der Waals surface area contributed by atoms with Crippen molar-refractivity contribution < 1.29 is 18.7 Å². The lowest BCUT2D eigenvalue weighted by molar-refractivity contribution is -0.124. The van der Waals surface area contributed by atoms with E-state index in [0.29, 0.717) is 11.1 Å². The van der Waals surface area contributed by atoms with Gasteiger partial charge in [-0.05, 0) is 23.8 Å². The van der Waals surface area contributed by atoms with Crippen LogP contribution in [-0.2, 0) is 9.59 Å². The number of halogens is 1. The minimum Gasteiger partial charge on any atom is -0.494 e. The van der Waals surface area contributed by atoms with Crippen molar-refractivity contribution >= 4 is 17.9 Å². The van der Waals surface area contributed by atoms with Crippen molar-refractivity contribution in [1.82, 2.24) is 5.32 Å². The molecule has 1 aliphatic heterocycles. The second kappa shape index (κ2) is 4.37. The minimum atomic E-state index is -0.508. The predicted octanol–water partition coefficient (Wildman–Crippen LogP) is 1.26. The molecule has 0 spiro atoms. The number of imide groups is 1. The average molecular weight is 235 g/mol. The van der Waals surface area contributed by atoms with Gasteiger partial charge in [-0.15, -0.1) is 0 Å². The molecule has 1 N–H and O–H groups in total. The Balaban J connectivity index is 2.30. The highest BCUT2D eigenvalue weighted by molar-refractivity contribution is 6.15. The van der Waals surface area contributed by atoms with E-state index in [1.165, 1.54) is 25.3 Å². The van der Waals surface area contributed by atoms with Crippen LogP contribution in [0.1, 0.15) is 12.0 Å². The molecule has 0 radical (unpaired) electrons. The Bertz CT molecular complexity index is 522. The maximum absolute atomic E-state index is 13.4. The van der Waals surface area contributed by atoms with Gasteiger partial charge in [-0.1, -0.05) is 6.07 Å². The minimum absolute atomic E-state index is 0.0342. The van der Waals surface area contributed by atoms with Crippen molar-refractivity contribution in [3.63, 3.8) is 0 Å². The molecule has 17 heavy (non-hydrogen) atoms. The Morgan fingerprint density at radius 1 is 1.41 bits per heavy atom. The smallest absolute Gasteiger partial charge is 0.254 e. The molecule has 1 heterocycles. The molecule has 4 nitrogen and oxygen atoms in total. The lowest BCUT2D eigenvalue weighted by atomic mass is 10.1. The van der Waals surface area contributed by atoms with Gasteiger partial charge in [-0.3, -0.25) is 14.9 Å². The number of carbonyl (C=O) groups is 2. The van der Waals surface area contributed by atoms with Crippen molar-refractivity contribution in [1.29, 1.82) is 0 Å². The van der Waals surface area contributed by atoms with Gasteiger partial charge in [-0.25, -0.2) is 4.39 Å². The summed E-state index contributed by atoms with van der Waals surface area (Å²) in [7, 11) is 1.37. The van der Waals surface area contributed by atoms with Crippen LogP contribution < -0.4 is 10.1 Å². The zero-order chi connectivity index (χ0) is 12.4. The van der Waals surface area contributed by atoms with Crippen LogP contribution in [0.15, 0.2) is 23.8 Å². The van der Waals surface area contributed by atoms with Gasteiger partial charge in [0.15, 0.2) is 11.6 Å². The van der Waals surface area contributed by atoms with E-state index in [1.54, 1.807) is 6.07 Å². The predicted molar refractivity (Wildman–Crippen MR) is 58.7 cm³/mol. The van der Waals surface area contributed by atoms with Gasteiger partial charge in [0.05, 0.1) is 13.5 Å². The maximum atomic E-state index is 13.4. The maximum Gasteiger partial charge on any atom is 0.254 e. The van der Waals surface area contributed by atoms with Crippen LogP contribution in [0.25, 0.3) is 6.08 Å². The number of methoxy groups -OCH3 is 1. The monoisotopic (exact) mass is 235 g/mol. The average Bonchev–Trinajstić information content (AvgIpc) is 2.58. The summed E-state index contributed by atoms with van der Waals surface area (Å²) in [5, 5.41) is 2.16. The highest BCUT2D eigenvalue weighted by Crippen LogP contribution is 2.21. The summed E-state index contributed by atoms with van der Waals surface area (Å²) in [6, 6.07) is 4.34. The lowest BCUT2D eigenvalue weighted by Gasteiger charge is -2.02. The summed E-state index contributed by atoms with van der Waals surface area (Å²) >= 11 is 0. The van der Waals surface area contributed by atoms with E-state index < -0.39 is 11.7 Å². The second-order valence-electron chi connectivity index (χ2n) is 3.62. The number of hydrogen-bond donors (Lipinski definition) is 1. The third kappa shape index (κ3) is 2.33. The van der Waals surface area contributed by atoms with Crippen molar-refractivity contribution in [2.45, 2.75) is 6.42 Å². The molecule has 5 heteroatoms. The Morgan fingerprint density at radius 3 is 2.71 bits per heavy atom. The van der Waals surface area contributed by atoms with Crippen LogP contribution in [0.2, 0.25) is 0 Å². The fraction of sp³-hybridized carbons (Fsp3) is 0.167. The summed E-state index contributed by atoms with van der Waals surface area (Å²) < 4.78 is 18.2. The van der Waals surface area contributed by atoms with Gasteiger partial charge in [0.25, 0.3) is 5.91 Å². The van der Waals surface area contributed by atoms with Crippen LogP contribution in [0.4, 0.5) is 4.39 Å². The van der Waals surface area contributed by atoms with Crippen molar-refractivity contribution in [3.05, 3.63) is 35.2 Å². The van der Waals surface area contributed by atoms with Crippen LogP contribution in [0, 0.1) is 5.82 Å². The number of nitrogens with one attached hydrogen (secondary N) is 1. The number of rotatable bonds is 2. The van der Waals surface area contributed by atoms with Crippen molar-refractivity contribution in [2.75, 3.05) is 7.11 Å². The van der Waals surface area contributed by atoms with E-state index >= 15 is 0 Å². The molecule has 1 aliphatic rings. The van der Waals surface area contributed by atoms with Crippen LogP contribution in [0.3, 0.4) is 0 Å². The highest BCUT2D eigenvalue weighted by Gasteiger charge is 2.23. The number of ether oxygens (including phenoxy) is 1. The Kier molecular flexibility index (Phi) is 2.91. The number of benzene rings is 1. The normalized spacial score (nSPS) is 17.4. The zero-order valence-corrected chi connectivity index (χ0v) is 9.12. The standard InChI is InChI=1S/C12H10FNO3/c1-17-10-3-2-7(5-9(10)13)4-8-6-11(15)14-12(8)16/h2-5H,6H2,1H3,(H,14,15,16). The summed E-state index contributed by atoms with van der Waals surface area (Å²) in [5.41, 5.74) is 0.850. The molecule has 0 aromatic heterocycles. The molecule has 2 rings (SSSR count). The lowest BCUT2D eigenvalue weighted by Crippen LogP contribution is -2.19. The van der Waals surface area contributed by atoms with Gasteiger partial charge < -0.3 is 4.74 Å². The fourth-order valence-corrected chi connectivity index (χ4v) is 1.59. The molecule has 88 valence electrons.